The highest BCUT2D eigenvalue weighted by Crippen LogP contribution is 2.28. The number of nitrogens with zero attached hydrogens (tertiary/aromatic N) is 3. The van der Waals surface area contributed by atoms with Gasteiger partial charge in [0.2, 0.25) is 11.0 Å². The number of rotatable bonds is 9. The number of carbonyl (C=O) groups excluding carboxylic acids is 2. The van der Waals surface area contributed by atoms with Crippen molar-refractivity contribution < 1.29 is 9.59 Å². The van der Waals surface area contributed by atoms with Crippen molar-refractivity contribution >= 4 is 51.4 Å². The fraction of sp³-hybridized carbons (Fsp3) is 0.304. The molecule has 32 heavy (non-hydrogen) atoms. The molecule has 0 aliphatic rings. The molecule has 0 bridgehead atoms. The molecule has 1 heterocycles. The number of aromatic nitrogens is 2. The summed E-state index contributed by atoms with van der Waals surface area (Å²) < 4.78 is 0.714. The van der Waals surface area contributed by atoms with E-state index in [1.807, 2.05) is 19.9 Å². The van der Waals surface area contributed by atoms with Gasteiger partial charge in [0.05, 0.1) is 5.75 Å². The summed E-state index contributed by atoms with van der Waals surface area (Å²) in [4.78, 5) is 26.4. The summed E-state index contributed by atoms with van der Waals surface area (Å²) in [5.74, 6) is 0.0693. The van der Waals surface area contributed by atoms with E-state index in [-0.39, 0.29) is 17.6 Å². The maximum absolute atomic E-state index is 12.4. The first kappa shape index (κ1) is 23.7. The van der Waals surface area contributed by atoms with E-state index < -0.39 is 0 Å². The van der Waals surface area contributed by atoms with Gasteiger partial charge in [0.15, 0.2) is 4.34 Å². The molecule has 1 aromatic heterocycles. The SMILES string of the molecule is CCN(CC)C(=O)c1ccc(NC(=O)CSc2nnc(Nc3ccc(C)c(C)c3)s2)cc1. The fourth-order valence-corrected chi connectivity index (χ4v) is 4.55. The van der Waals surface area contributed by atoms with Crippen molar-refractivity contribution in [3.8, 4) is 0 Å². The quantitative estimate of drug-likeness (QED) is 0.424. The first-order valence-corrected chi connectivity index (χ1v) is 12.2. The lowest BCUT2D eigenvalue weighted by molar-refractivity contribution is -0.113. The molecular formula is C23H27N5O2S2. The van der Waals surface area contributed by atoms with Crippen LogP contribution in [-0.2, 0) is 4.79 Å². The summed E-state index contributed by atoms with van der Waals surface area (Å²) in [6, 6.07) is 13.1. The highest BCUT2D eigenvalue weighted by molar-refractivity contribution is 8.01. The number of nitrogens with one attached hydrogen (secondary N) is 2. The molecule has 2 aromatic carbocycles. The molecule has 0 radical (unpaired) electrons. The normalized spacial score (nSPS) is 10.6. The minimum atomic E-state index is -0.142. The van der Waals surface area contributed by atoms with E-state index in [0.717, 1.165) is 5.69 Å². The monoisotopic (exact) mass is 469 g/mol. The standard InChI is InChI=1S/C23H27N5O2S2/c1-5-28(6-2)21(30)17-8-11-18(12-9-17)24-20(29)14-31-23-27-26-22(32-23)25-19-10-7-15(3)16(4)13-19/h7-13H,5-6,14H2,1-4H3,(H,24,29)(H,25,26). The summed E-state index contributed by atoms with van der Waals surface area (Å²) in [6.07, 6.45) is 0. The third-order valence-electron chi connectivity index (χ3n) is 4.96. The highest BCUT2D eigenvalue weighted by atomic mass is 32.2. The van der Waals surface area contributed by atoms with Gasteiger partial charge in [-0.2, -0.15) is 0 Å². The van der Waals surface area contributed by atoms with E-state index in [1.54, 1.807) is 29.2 Å². The number of thioether (sulfide) groups is 1. The van der Waals surface area contributed by atoms with Gasteiger partial charge in [-0.3, -0.25) is 9.59 Å². The molecule has 0 saturated heterocycles. The van der Waals surface area contributed by atoms with Crippen LogP contribution in [0.4, 0.5) is 16.5 Å². The van der Waals surface area contributed by atoms with Crippen molar-refractivity contribution in [1.82, 2.24) is 15.1 Å². The smallest absolute Gasteiger partial charge is 0.253 e. The number of amides is 2. The van der Waals surface area contributed by atoms with Gasteiger partial charge in [0.1, 0.15) is 0 Å². The number of anilines is 3. The second-order valence-corrected chi connectivity index (χ2v) is 9.39. The summed E-state index contributed by atoms with van der Waals surface area (Å²) >= 11 is 2.74. The maximum atomic E-state index is 12.4. The molecule has 0 atom stereocenters. The summed E-state index contributed by atoms with van der Waals surface area (Å²) in [5, 5.41) is 15.1. The Balaban J connectivity index is 1.50. The van der Waals surface area contributed by atoms with Crippen LogP contribution < -0.4 is 10.6 Å². The van der Waals surface area contributed by atoms with Gasteiger partial charge in [0.25, 0.3) is 5.91 Å². The Labute approximate surface area is 196 Å². The van der Waals surface area contributed by atoms with Crippen molar-refractivity contribution in [3.63, 3.8) is 0 Å². The fourth-order valence-electron chi connectivity index (χ4n) is 2.98. The van der Waals surface area contributed by atoms with Crippen LogP contribution in [0.1, 0.15) is 35.3 Å². The second-order valence-electron chi connectivity index (χ2n) is 7.19. The predicted octanol–water partition coefficient (Wildman–Crippen LogP) is 5.11. The Morgan fingerprint density at radius 3 is 2.31 bits per heavy atom. The minimum absolute atomic E-state index is 0.00934. The van der Waals surface area contributed by atoms with E-state index in [0.29, 0.717) is 33.8 Å². The van der Waals surface area contributed by atoms with Gasteiger partial charge in [-0.15, -0.1) is 10.2 Å². The van der Waals surface area contributed by atoms with Crippen molar-refractivity contribution in [3.05, 3.63) is 59.2 Å². The number of aryl methyl sites for hydroxylation is 2. The van der Waals surface area contributed by atoms with Crippen LogP contribution in [0.3, 0.4) is 0 Å². The number of carbonyl (C=O) groups is 2. The molecule has 3 aromatic rings. The lowest BCUT2D eigenvalue weighted by Crippen LogP contribution is -2.30. The molecule has 0 saturated carbocycles. The largest absolute Gasteiger partial charge is 0.339 e. The van der Waals surface area contributed by atoms with E-state index in [9.17, 15) is 9.59 Å². The van der Waals surface area contributed by atoms with Crippen LogP contribution in [0.5, 0.6) is 0 Å². The van der Waals surface area contributed by atoms with Crippen LogP contribution in [-0.4, -0.2) is 45.8 Å². The Hall–Kier alpha value is -2.91. The van der Waals surface area contributed by atoms with E-state index in [4.69, 9.17) is 0 Å². The summed E-state index contributed by atoms with van der Waals surface area (Å²) in [5.41, 5.74) is 4.66. The Morgan fingerprint density at radius 1 is 0.969 bits per heavy atom. The third kappa shape index (κ3) is 6.30. The topological polar surface area (TPSA) is 87.2 Å². The zero-order valence-electron chi connectivity index (χ0n) is 18.6. The molecule has 2 N–H and O–H groups in total. The van der Waals surface area contributed by atoms with Gasteiger partial charge >= 0.3 is 0 Å². The Kier molecular flexibility index (Phi) is 8.24. The molecule has 0 aliphatic heterocycles. The van der Waals surface area contributed by atoms with Crippen LogP contribution in [0.25, 0.3) is 0 Å². The molecule has 0 aliphatic carbocycles. The highest BCUT2D eigenvalue weighted by Gasteiger charge is 2.13. The van der Waals surface area contributed by atoms with Crippen LogP contribution in [0.2, 0.25) is 0 Å². The lowest BCUT2D eigenvalue weighted by atomic mass is 10.1. The molecule has 7 nitrogen and oxygen atoms in total. The predicted molar refractivity (Wildman–Crippen MR) is 132 cm³/mol. The van der Waals surface area contributed by atoms with Gasteiger partial charge in [-0.1, -0.05) is 29.2 Å². The Morgan fingerprint density at radius 2 is 1.66 bits per heavy atom. The second kappa shape index (κ2) is 11.1. The molecule has 0 fully saturated rings. The van der Waals surface area contributed by atoms with E-state index in [1.165, 1.54) is 34.2 Å². The zero-order chi connectivity index (χ0) is 23.1. The third-order valence-corrected chi connectivity index (χ3v) is 6.93. The van der Waals surface area contributed by atoms with Gasteiger partial charge in [0, 0.05) is 30.0 Å². The molecule has 2 amide bonds. The summed E-state index contributed by atoms with van der Waals surface area (Å²) in [7, 11) is 0. The molecule has 9 heteroatoms. The first-order chi connectivity index (χ1) is 15.4. The Bertz CT molecular complexity index is 1080. The van der Waals surface area contributed by atoms with Crippen molar-refractivity contribution in [1.29, 1.82) is 0 Å². The number of hydrogen-bond acceptors (Lipinski definition) is 7. The number of benzene rings is 2. The molecule has 0 spiro atoms. The van der Waals surface area contributed by atoms with E-state index >= 15 is 0 Å². The lowest BCUT2D eigenvalue weighted by Gasteiger charge is -2.18. The molecular weight excluding hydrogens is 442 g/mol. The van der Waals surface area contributed by atoms with Gasteiger partial charge in [-0.25, -0.2) is 0 Å². The van der Waals surface area contributed by atoms with Crippen LogP contribution in [0, 0.1) is 13.8 Å². The van der Waals surface area contributed by atoms with Crippen LogP contribution >= 0.6 is 23.1 Å². The first-order valence-electron chi connectivity index (χ1n) is 10.4. The van der Waals surface area contributed by atoms with Crippen molar-refractivity contribution in [2.45, 2.75) is 32.0 Å². The minimum Gasteiger partial charge on any atom is -0.339 e. The van der Waals surface area contributed by atoms with Crippen LogP contribution in [0.15, 0.2) is 46.8 Å². The van der Waals surface area contributed by atoms with Gasteiger partial charge in [-0.05, 0) is 75.2 Å². The number of hydrogen-bond donors (Lipinski definition) is 2. The van der Waals surface area contributed by atoms with Gasteiger partial charge < -0.3 is 15.5 Å². The maximum Gasteiger partial charge on any atom is 0.253 e. The molecule has 168 valence electrons. The molecule has 0 unspecified atom stereocenters. The van der Waals surface area contributed by atoms with Crippen molar-refractivity contribution in [2.75, 3.05) is 29.5 Å². The zero-order valence-corrected chi connectivity index (χ0v) is 20.3. The summed E-state index contributed by atoms with van der Waals surface area (Å²) in [6.45, 7) is 9.38. The molecule has 3 rings (SSSR count). The van der Waals surface area contributed by atoms with Crippen molar-refractivity contribution in [2.24, 2.45) is 0 Å². The average Bonchev–Trinajstić information content (AvgIpc) is 3.23. The van der Waals surface area contributed by atoms with E-state index in [2.05, 4.69) is 46.8 Å². The average molecular weight is 470 g/mol.